The number of carbonyl (C=O) groups is 1. The molecule has 1 atom stereocenters. The van der Waals surface area contributed by atoms with Crippen molar-refractivity contribution < 1.29 is 14.6 Å². The fourth-order valence-corrected chi connectivity index (χ4v) is 1.33. The van der Waals surface area contributed by atoms with Gasteiger partial charge < -0.3 is 20.5 Å². The number of rotatable bonds is 5. The van der Waals surface area contributed by atoms with Crippen molar-refractivity contribution in [2.24, 2.45) is 0 Å². The van der Waals surface area contributed by atoms with Crippen LogP contribution in [0.25, 0.3) is 0 Å². The van der Waals surface area contributed by atoms with E-state index < -0.39 is 0 Å². The average Bonchev–Trinajstić information content (AvgIpc) is 2.30. The summed E-state index contributed by atoms with van der Waals surface area (Å²) in [5.74, 6) is 0.764. The molecule has 0 radical (unpaired) electrons. The standard InChI is InChI=1S/C13H20N2O3/c1-9(2)18-12-6-4-11(5-7-12)15-13(17)14-10(3)8-16/h4-7,9-10,16H,8H2,1-3H3,(H2,14,15,17)/t10-/m1/s1. The van der Waals surface area contributed by atoms with Gasteiger partial charge in [0.2, 0.25) is 0 Å². The molecule has 1 aromatic rings. The number of aliphatic hydroxyl groups excluding tert-OH is 1. The topological polar surface area (TPSA) is 70.6 Å². The third-order valence-corrected chi connectivity index (χ3v) is 2.14. The molecule has 0 spiro atoms. The second kappa shape index (κ2) is 6.86. The largest absolute Gasteiger partial charge is 0.491 e. The van der Waals surface area contributed by atoms with Gasteiger partial charge in [-0.1, -0.05) is 0 Å². The summed E-state index contributed by atoms with van der Waals surface area (Å²) >= 11 is 0. The molecule has 0 heterocycles. The van der Waals surface area contributed by atoms with E-state index in [0.29, 0.717) is 5.69 Å². The monoisotopic (exact) mass is 252 g/mol. The van der Waals surface area contributed by atoms with Crippen molar-refractivity contribution in [3.8, 4) is 5.75 Å². The number of hydrogen-bond acceptors (Lipinski definition) is 3. The summed E-state index contributed by atoms with van der Waals surface area (Å²) in [7, 11) is 0. The van der Waals surface area contributed by atoms with Gasteiger partial charge in [-0.05, 0) is 45.0 Å². The summed E-state index contributed by atoms with van der Waals surface area (Å²) in [5, 5.41) is 14.1. The second-order valence-corrected chi connectivity index (χ2v) is 4.37. The number of urea groups is 1. The zero-order valence-electron chi connectivity index (χ0n) is 10.9. The Morgan fingerprint density at radius 3 is 2.39 bits per heavy atom. The molecule has 0 aromatic heterocycles. The fourth-order valence-electron chi connectivity index (χ4n) is 1.33. The molecule has 5 nitrogen and oxygen atoms in total. The summed E-state index contributed by atoms with van der Waals surface area (Å²) in [6.07, 6.45) is 0.123. The van der Waals surface area contributed by atoms with Crippen molar-refractivity contribution in [1.82, 2.24) is 5.32 Å². The Balaban J connectivity index is 2.50. The van der Waals surface area contributed by atoms with Gasteiger partial charge in [0.05, 0.1) is 18.8 Å². The van der Waals surface area contributed by atoms with Crippen LogP contribution in [-0.4, -0.2) is 29.9 Å². The van der Waals surface area contributed by atoms with Gasteiger partial charge in [-0.3, -0.25) is 0 Å². The molecule has 0 aliphatic rings. The molecule has 0 bridgehead atoms. The van der Waals surface area contributed by atoms with Crippen LogP contribution in [0.4, 0.5) is 10.5 Å². The van der Waals surface area contributed by atoms with Crippen molar-refractivity contribution in [2.45, 2.75) is 32.9 Å². The van der Waals surface area contributed by atoms with Crippen molar-refractivity contribution in [1.29, 1.82) is 0 Å². The van der Waals surface area contributed by atoms with Crippen molar-refractivity contribution in [2.75, 3.05) is 11.9 Å². The number of hydrogen-bond donors (Lipinski definition) is 3. The highest BCUT2D eigenvalue weighted by molar-refractivity contribution is 5.89. The first kappa shape index (κ1) is 14.3. The van der Waals surface area contributed by atoms with Crippen LogP contribution in [-0.2, 0) is 0 Å². The zero-order chi connectivity index (χ0) is 13.5. The van der Waals surface area contributed by atoms with Gasteiger partial charge in [0, 0.05) is 5.69 Å². The maximum absolute atomic E-state index is 11.5. The van der Waals surface area contributed by atoms with Gasteiger partial charge in [-0.25, -0.2) is 4.79 Å². The van der Waals surface area contributed by atoms with Crippen molar-refractivity contribution in [3.63, 3.8) is 0 Å². The first-order valence-corrected chi connectivity index (χ1v) is 5.96. The number of anilines is 1. The lowest BCUT2D eigenvalue weighted by molar-refractivity contribution is 0.229. The molecule has 0 unspecified atom stereocenters. The lowest BCUT2D eigenvalue weighted by Crippen LogP contribution is -2.38. The van der Waals surface area contributed by atoms with E-state index in [1.807, 2.05) is 13.8 Å². The number of ether oxygens (including phenoxy) is 1. The van der Waals surface area contributed by atoms with Gasteiger partial charge in [-0.15, -0.1) is 0 Å². The van der Waals surface area contributed by atoms with E-state index in [1.54, 1.807) is 31.2 Å². The molecule has 5 heteroatoms. The summed E-state index contributed by atoms with van der Waals surface area (Å²) < 4.78 is 5.49. The molecule has 0 aliphatic carbocycles. The van der Waals surface area contributed by atoms with Crippen LogP contribution in [0.2, 0.25) is 0 Å². The quantitative estimate of drug-likeness (QED) is 0.750. The van der Waals surface area contributed by atoms with Gasteiger partial charge in [-0.2, -0.15) is 0 Å². The van der Waals surface area contributed by atoms with Crippen LogP contribution in [0, 0.1) is 0 Å². The lowest BCUT2D eigenvalue weighted by atomic mass is 10.3. The number of amides is 2. The summed E-state index contributed by atoms with van der Waals surface area (Å²) in [6.45, 7) is 5.54. The summed E-state index contributed by atoms with van der Waals surface area (Å²) in [5.41, 5.74) is 0.675. The predicted molar refractivity (Wildman–Crippen MR) is 70.9 cm³/mol. The van der Waals surface area contributed by atoms with E-state index in [0.717, 1.165) is 5.75 Å². The predicted octanol–water partition coefficient (Wildman–Crippen LogP) is 1.98. The molecule has 2 amide bonds. The highest BCUT2D eigenvalue weighted by Crippen LogP contribution is 2.16. The van der Waals surface area contributed by atoms with Crippen LogP contribution in [0.1, 0.15) is 20.8 Å². The van der Waals surface area contributed by atoms with Gasteiger partial charge in [0.15, 0.2) is 0 Å². The highest BCUT2D eigenvalue weighted by Gasteiger charge is 2.06. The van der Waals surface area contributed by atoms with E-state index >= 15 is 0 Å². The minimum atomic E-state index is -0.339. The molecular weight excluding hydrogens is 232 g/mol. The first-order chi connectivity index (χ1) is 8.51. The van der Waals surface area contributed by atoms with Gasteiger partial charge in [0.1, 0.15) is 5.75 Å². The Morgan fingerprint density at radius 2 is 1.89 bits per heavy atom. The molecule has 1 aromatic carbocycles. The molecule has 0 fully saturated rings. The Hall–Kier alpha value is -1.75. The van der Waals surface area contributed by atoms with E-state index in [2.05, 4.69) is 10.6 Å². The fraction of sp³-hybridized carbons (Fsp3) is 0.462. The van der Waals surface area contributed by atoms with Crippen LogP contribution >= 0.6 is 0 Å². The highest BCUT2D eigenvalue weighted by atomic mass is 16.5. The van der Waals surface area contributed by atoms with Gasteiger partial charge >= 0.3 is 6.03 Å². The van der Waals surface area contributed by atoms with E-state index in [4.69, 9.17) is 9.84 Å². The third kappa shape index (κ3) is 5.05. The molecule has 18 heavy (non-hydrogen) atoms. The Bertz CT molecular complexity index is 376. The summed E-state index contributed by atoms with van der Waals surface area (Å²) in [4.78, 5) is 11.5. The van der Waals surface area contributed by atoms with Crippen molar-refractivity contribution in [3.05, 3.63) is 24.3 Å². The lowest BCUT2D eigenvalue weighted by Gasteiger charge is -2.13. The molecule has 0 saturated heterocycles. The second-order valence-electron chi connectivity index (χ2n) is 4.37. The number of carbonyl (C=O) groups excluding carboxylic acids is 1. The Labute approximate surface area is 107 Å². The smallest absolute Gasteiger partial charge is 0.319 e. The van der Waals surface area contributed by atoms with Crippen LogP contribution in [0.5, 0.6) is 5.75 Å². The average molecular weight is 252 g/mol. The first-order valence-electron chi connectivity index (χ1n) is 5.96. The minimum Gasteiger partial charge on any atom is -0.491 e. The number of aliphatic hydroxyl groups is 1. The van der Waals surface area contributed by atoms with Crippen LogP contribution in [0.3, 0.4) is 0 Å². The molecule has 3 N–H and O–H groups in total. The molecule has 1 rings (SSSR count). The van der Waals surface area contributed by atoms with E-state index in [9.17, 15) is 4.79 Å². The molecular formula is C13H20N2O3. The van der Waals surface area contributed by atoms with E-state index in [-0.39, 0.29) is 24.8 Å². The Morgan fingerprint density at radius 1 is 1.28 bits per heavy atom. The van der Waals surface area contributed by atoms with Gasteiger partial charge in [0.25, 0.3) is 0 Å². The SMILES string of the molecule is CC(C)Oc1ccc(NC(=O)N[C@H](C)CO)cc1. The van der Waals surface area contributed by atoms with Crippen LogP contribution < -0.4 is 15.4 Å². The van der Waals surface area contributed by atoms with Crippen molar-refractivity contribution >= 4 is 11.7 Å². The zero-order valence-corrected chi connectivity index (χ0v) is 10.9. The molecule has 0 saturated carbocycles. The normalized spacial score (nSPS) is 12.1. The minimum absolute atomic E-state index is 0.0887. The number of nitrogens with one attached hydrogen (secondary N) is 2. The van der Waals surface area contributed by atoms with E-state index in [1.165, 1.54) is 0 Å². The maximum Gasteiger partial charge on any atom is 0.319 e. The summed E-state index contributed by atoms with van der Waals surface area (Å²) in [6, 6.07) is 6.51. The third-order valence-electron chi connectivity index (χ3n) is 2.14. The molecule has 0 aliphatic heterocycles. The number of benzene rings is 1. The Kier molecular flexibility index (Phi) is 5.45. The maximum atomic E-state index is 11.5. The van der Waals surface area contributed by atoms with Crippen LogP contribution in [0.15, 0.2) is 24.3 Å². The molecule has 100 valence electrons.